The van der Waals surface area contributed by atoms with E-state index in [9.17, 15) is 35.2 Å². The first-order valence-electron chi connectivity index (χ1n) is 26.3. The number of likely N-dealkylation sites (N-methyl/N-ethyl adjacent to an activating group) is 2. The summed E-state index contributed by atoms with van der Waals surface area (Å²) in [6, 6.07) is 14.2. The van der Waals surface area contributed by atoms with Crippen molar-refractivity contribution in [3.63, 3.8) is 0 Å². The lowest BCUT2D eigenvalue weighted by atomic mass is 10.1. The Hall–Kier alpha value is -4.96. The van der Waals surface area contributed by atoms with E-state index in [-0.39, 0.29) is 135 Å². The molecule has 442 valence electrons. The van der Waals surface area contributed by atoms with Gasteiger partial charge in [-0.1, -0.05) is 23.2 Å². The third-order valence-corrected chi connectivity index (χ3v) is 16.7. The molecule has 0 radical (unpaired) electrons. The van der Waals surface area contributed by atoms with Crippen LogP contribution >= 0.6 is 23.2 Å². The minimum Gasteiger partial charge on any atom is -0.484 e. The van der Waals surface area contributed by atoms with Crippen LogP contribution in [0.1, 0.15) is 58.4 Å². The number of sulfonamides is 2. The molecule has 0 fully saturated rings. The third kappa shape index (κ3) is 18.8. The number of benzene rings is 4. The van der Waals surface area contributed by atoms with E-state index in [1.165, 1.54) is 36.4 Å². The molecule has 20 nitrogen and oxygen atoms in total. The van der Waals surface area contributed by atoms with Crippen LogP contribution in [-0.4, -0.2) is 171 Å². The number of hydrogen-bond acceptors (Lipinski definition) is 14. The van der Waals surface area contributed by atoms with Crippen molar-refractivity contribution >= 4 is 55.3 Å². The van der Waals surface area contributed by atoms with Gasteiger partial charge in [0.2, 0.25) is 20.0 Å². The SMILES string of the molecule is Cc1cc(S(=O)(=O)NCCOCCOCCNC(=O)NCCCCNC(=O)NCCOCCOCCNS(=O)(=O)c2ccc(O[C@H]3c4cc(Cl)cc(F)c4C[C@@H]3N(C)C)c(C)c2)ccc1O[C@H]1c2cc(Cl)cc(F)c2C[C@@H]1N(C)C. The molecular weight excluding hydrogens is 1130 g/mol. The Morgan fingerprint density at radius 1 is 0.525 bits per heavy atom. The molecule has 4 amide bonds. The number of halogens is 4. The summed E-state index contributed by atoms with van der Waals surface area (Å²) < 4.78 is 121. The van der Waals surface area contributed by atoms with Crippen LogP contribution in [0.4, 0.5) is 18.4 Å². The minimum atomic E-state index is -3.85. The van der Waals surface area contributed by atoms with E-state index in [0.29, 0.717) is 83.7 Å². The first-order valence-corrected chi connectivity index (χ1v) is 30.0. The van der Waals surface area contributed by atoms with Crippen LogP contribution in [0.2, 0.25) is 10.0 Å². The van der Waals surface area contributed by atoms with Crippen LogP contribution < -0.4 is 40.2 Å². The van der Waals surface area contributed by atoms with Crippen molar-refractivity contribution in [3.8, 4) is 11.5 Å². The molecule has 0 heterocycles. The van der Waals surface area contributed by atoms with E-state index in [1.54, 1.807) is 38.1 Å². The van der Waals surface area contributed by atoms with E-state index in [1.807, 2.05) is 38.0 Å². The number of hydrogen-bond donors (Lipinski definition) is 6. The van der Waals surface area contributed by atoms with Crippen molar-refractivity contribution in [3.05, 3.63) is 116 Å². The molecular formula is C54H74Cl2F2N8O12S2. The van der Waals surface area contributed by atoms with Crippen molar-refractivity contribution in [1.82, 2.24) is 40.5 Å². The number of nitrogens with zero attached hydrogens (tertiary/aromatic N) is 2. The molecule has 6 rings (SSSR count). The number of urea groups is 2. The van der Waals surface area contributed by atoms with E-state index < -0.39 is 32.3 Å². The van der Waals surface area contributed by atoms with Crippen LogP contribution in [-0.2, 0) is 51.8 Å². The van der Waals surface area contributed by atoms with Crippen molar-refractivity contribution in [2.75, 3.05) is 120 Å². The number of rotatable bonds is 33. The molecule has 0 saturated heterocycles. The smallest absolute Gasteiger partial charge is 0.314 e. The van der Waals surface area contributed by atoms with Crippen LogP contribution in [0.3, 0.4) is 0 Å². The van der Waals surface area contributed by atoms with Gasteiger partial charge in [0.25, 0.3) is 0 Å². The zero-order chi connectivity index (χ0) is 58.0. The number of carbonyl (C=O) groups is 2. The predicted molar refractivity (Wildman–Crippen MR) is 300 cm³/mol. The van der Waals surface area contributed by atoms with Gasteiger partial charge in [-0.15, -0.1) is 0 Å². The third-order valence-electron chi connectivity index (χ3n) is 13.3. The highest BCUT2D eigenvalue weighted by Crippen LogP contribution is 2.42. The van der Waals surface area contributed by atoms with E-state index in [2.05, 4.69) is 30.7 Å². The second-order valence-corrected chi connectivity index (χ2v) is 24.0. The molecule has 26 heteroatoms. The summed E-state index contributed by atoms with van der Waals surface area (Å²) in [6.07, 6.45) is 1.17. The average Bonchev–Trinajstić information content (AvgIpc) is 3.95. The molecule has 0 saturated carbocycles. The molecule has 6 N–H and O–H groups in total. The summed E-state index contributed by atoms with van der Waals surface area (Å²) in [5, 5.41) is 11.4. The Kier molecular flexibility index (Phi) is 24.8. The van der Waals surface area contributed by atoms with E-state index >= 15 is 0 Å². The maximum atomic E-state index is 14.7. The topological polar surface area (TPSA) is 236 Å². The highest BCUT2D eigenvalue weighted by molar-refractivity contribution is 7.89. The number of aryl methyl sites for hydroxylation is 2. The Bertz CT molecular complexity index is 2750. The van der Waals surface area contributed by atoms with E-state index in [0.717, 1.165) is 0 Å². The number of nitrogens with one attached hydrogen (secondary N) is 6. The van der Waals surface area contributed by atoms with Crippen molar-refractivity contribution in [2.45, 2.75) is 73.6 Å². The molecule has 0 unspecified atom stereocenters. The normalized spacial score (nSPS) is 16.9. The lowest BCUT2D eigenvalue weighted by molar-refractivity contribution is 0.0516. The summed E-state index contributed by atoms with van der Waals surface area (Å²) >= 11 is 12.3. The largest absolute Gasteiger partial charge is 0.484 e. The number of unbranched alkanes of at least 4 members (excludes halogenated alkanes) is 1. The Labute approximate surface area is 478 Å². The van der Waals surface area contributed by atoms with Crippen LogP contribution in [0.15, 0.2) is 70.5 Å². The van der Waals surface area contributed by atoms with Gasteiger partial charge in [-0.25, -0.2) is 44.6 Å². The molecule has 4 aromatic rings. The number of ether oxygens (including phenoxy) is 6. The monoisotopic (exact) mass is 1200 g/mol. The summed E-state index contributed by atoms with van der Waals surface area (Å²) in [6.45, 7) is 6.54. The van der Waals surface area contributed by atoms with Crippen LogP contribution in [0, 0.1) is 25.5 Å². The number of carbonyl (C=O) groups excluding carboxylic acids is 2. The summed E-state index contributed by atoms with van der Waals surface area (Å²) in [5.41, 5.74) is 3.66. The van der Waals surface area contributed by atoms with Gasteiger partial charge in [0.1, 0.15) is 35.3 Å². The average molecular weight is 1200 g/mol. The first kappa shape index (κ1) is 64.2. The second kappa shape index (κ2) is 30.9. The van der Waals surface area contributed by atoms with Crippen molar-refractivity contribution < 1.29 is 63.6 Å². The molecule has 0 aromatic heterocycles. The predicted octanol–water partition coefficient (Wildman–Crippen LogP) is 5.80. The Balaban J connectivity index is 0.708. The quantitative estimate of drug-likeness (QED) is 0.0310. The fourth-order valence-corrected chi connectivity index (χ4v) is 11.7. The van der Waals surface area contributed by atoms with Gasteiger partial charge in [-0.3, -0.25) is 0 Å². The first-order chi connectivity index (χ1) is 38.1. The van der Waals surface area contributed by atoms with Gasteiger partial charge >= 0.3 is 12.1 Å². The van der Waals surface area contributed by atoms with Gasteiger partial charge in [-0.2, -0.15) is 0 Å². The molecule has 4 atom stereocenters. The molecule has 0 spiro atoms. The molecule has 4 aromatic carbocycles. The minimum absolute atomic E-state index is 0.0352. The highest BCUT2D eigenvalue weighted by Gasteiger charge is 2.39. The van der Waals surface area contributed by atoms with Crippen molar-refractivity contribution in [2.24, 2.45) is 0 Å². The number of amides is 4. The zero-order valence-electron chi connectivity index (χ0n) is 45.9. The fourth-order valence-electron chi connectivity index (χ4n) is 9.10. The lowest BCUT2D eigenvalue weighted by Gasteiger charge is -2.28. The summed E-state index contributed by atoms with van der Waals surface area (Å²) in [7, 11) is -0.108. The molecule has 0 bridgehead atoms. The van der Waals surface area contributed by atoms with E-state index in [4.69, 9.17) is 51.6 Å². The van der Waals surface area contributed by atoms with Crippen LogP contribution in [0.25, 0.3) is 0 Å². The van der Waals surface area contributed by atoms with Crippen molar-refractivity contribution in [1.29, 1.82) is 0 Å². The summed E-state index contributed by atoms with van der Waals surface area (Å²) in [4.78, 5) is 28.3. The van der Waals surface area contributed by atoms with Gasteiger partial charge < -0.3 is 59.5 Å². The van der Waals surface area contributed by atoms with Gasteiger partial charge in [0.05, 0.1) is 74.7 Å². The summed E-state index contributed by atoms with van der Waals surface area (Å²) in [5.74, 6) is 0.203. The molecule has 80 heavy (non-hydrogen) atoms. The standard InChI is InChI=1S/C54H74Cl2F2N8O12S2/c1-35-27-39(9-11-49(35)77-51-43-29-37(55)31-45(57)41(43)33-47(51)65(3)4)79(69,70)63-17-21-75-25-23-73-19-15-61-53(67)59-13-7-8-14-60-54(68)62-16-20-74-24-26-76-22-18-64-80(71,72)40-10-12-50(36(2)28-40)78-52-44-30-38(56)32-46(58)42(44)34-48(52)66(5)6/h9-12,27-32,47-48,51-52,63-64H,7-8,13-26,33-34H2,1-6H3,(H2,59,61,67)(H2,60,62,68)/t47-,48-,51-,52-/m0/s1. The Morgan fingerprint density at radius 2 is 0.875 bits per heavy atom. The molecule has 2 aliphatic rings. The van der Waals surface area contributed by atoms with Gasteiger partial charge in [0, 0.05) is 60.4 Å². The maximum absolute atomic E-state index is 14.7. The van der Waals surface area contributed by atoms with Gasteiger partial charge in [0.15, 0.2) is 0 Å². The zero-order valence-corrected chi connectivity index (χ0v) is 49.1. The maximum Gasteiger partial charge on any atom is 0.314 e. The van der Waals surface area contributed by atoms with Crippen LogP contribution in [0.5, 0.6) is 11.5 Å². The molecule has 0 aliphatic heterocycles. The fraction of sp³-hybridized carbons (Fsp3) is 0.519. The second-order valence-electron chi connectivity index (χ2n) is 19.6. The molecule has 2 aliphatic carbocycles. The Morgan fingerprint density at radius 3 is 1.23 bits per heavy atom. The van der Waals surface area contributed by atoms with Gasteiger partial charge in [-0.05, 0) is 151 Å². The number of fused-ring (bicyclic) bond motifs is 2. The lowest BCUT2D eigenvalue weighted by Crippen LogP contribution is -2.39. The highest BCUT2D eigenvalue weighted by atomic mass is 35.5.